The fourth-order valence-electron chi connectivity index (χ4n) is 1.30. The number of nitrogens with one attached hydrogen (secondary N) is 3. The van der Waals surface area contributed by atoms with Gasteiger partial charge in [0.25, 0.3) is 5.91 Å². The maximum atomic E-state index is 11.9. The second-order valence-electron chi connectivity index (χ2n) is 4.25. The van der Waals surface area contributed by atoms with E-state index in [1.165, 1.54) is 7.11 Å². The standard InChI is InChI=1S/C13H17N3O3S/c1-8(2)11(17)14-13(20)16-15-12(18)9-6-4-5-7-10(9)19-3/h4-8H,1-3H3,(H,15,18)(H2,14,16,17,20). The molecule has 1 aromatic rings. The lowest BCUT2D eigenvalue weighted by Gasteiger charge is -2.13. The number of carbonyl (C=O) groups excluding carboxylic acids is 2. The number of thiocarbonyl (C=S) groups is 1. The molecule has 20 heavy (non-hydrogen) atoms. The van der Waals surface area contributed by atoms with E-state index in [4.69, 9.17) is 17.0 Å². The van der Waals surface area contributed by atoms with E-state index < -0.39 is 5.91 Å². The van der Waals surface area contributed by atoms with Gasteiger partial charge in [0.05, 0.1) is 12.7 Å². The quantitative estimate of drug-likeness (QED) is 0.572. The summed E-state index contributed by atoms with van der Waals surface area (Å²) in [4.78, 5) is 23.3. The summed E-state index contributed by atoms with van der Waals surface area (Å²) in [6.45, 7) is 3.48. The summed E-state index contributed by atoms with van der Waals surface area (Å²) in [5.74, 6) is -0.388. The third-order valence-corrected chi connectivity index (χ3v) is 2.61. The average Bonchev–Trinajstić information content (AvgIpc) is 2.44. The van der Waals surface area contributed by atoms with Gasteiger partial charge in [0.15, 0.2) is 5.11 Å². The van der Waals surface area contributed by atoms with Gasteiger partial charge < -0.3 is 10.1 Å². The van der Waals surface area contributed by atoms with Crippen molar-refractivity contribution >= 4 is 29.1 Å². The predicted octanol–water partition coefficient (Wildman–Crippen LogP) is 0.987. The third kappa shape index (κ3) is 4.51. The molecule has 0 radical (unpaired) electrons. The van der Waals surface area contributed by atoms with Gasteiger partial charge in [-0.2, -0.15) is 0 Å². The number of benzene rings is 1. The highest BCUT2D eigenvalue weighted by molar-refractivity contribution is 7.80. The average molecular weight is 295 g/mol. The highest BCUT2D eigenvalue weighted by Gasteiger charge is 2.12. The molecule has 0 spiro atoms. The highest BCUT2D eigenvalue weighted by atomic mass is 32.1. The van der Waals surface area contributed by atoms with E-state index in [1.807, 2.05) is 0 Å². The zero-order chi connectivity index (χ0) is 15.1. The second kappa shape index (κ2) is 7.44. The van der Waals surface area contributed by atoms with Crippen molar-refractivity contribution in [2.24, 2.45) is 5.92 Å². The Morgan fingerprint density at radius 2 is 1.85 bits per heavy atom. The van der Waals surface area contributed by atoms with E-state index in [-0.39, 0.29) is 16.9 Å². The van der Waals surface area contributed by atoms with E-state index in [0.29, 0.717) is 11.3 Å². The van der Waals surface area contributed by atoms with E-state index in [1.54, 1.807) is 38.1 Å². The summed E-state index contributed by atoms with van der Waals surface area (Å²) in [6, 6.07) is 6.77. The molecule has 0 saturated carbocycles. The minimum atomic E-state index is -0.413. The molecule has 0 saturated heterocycles. The maximum Gasteiger partial charge on any atom is 0.273 e. The number of hydrogen-bond acceptors (Lipinski definition) is 4. The van der Waals surface area contributed by atoms with Crippen LogP contribution >= 0.6 is 12.2 Å². The summed E-state index contributed by atoms with van der Waals surface area (Å²) in [5.41, 5.74) is 5.22. The molecule has 2 amide bonds. The minimum Gasteiger partial charge on any atom is -0.496 e. The number of amides is 2. The smallest absolute Gasteiger partial charge is 0.273 e. The monoisotopic (exact) mass is 295 g/mol. The summed E-state index contributed by atoms with van der Waals surface area (Å²) in [5, 5.41) is 2.48. The van der Waals surface area contributed by atoms with Crippen LogP contribution in [0.3, 0.4) is 0 Å². The van der Waals surface area contributed by atoms with Gasteiger partial charge in [-0.3, -0.25) is 20.4 Å². The van der Waals surface area contributed by atoms with Gasteiger partial charge in [0.2, 0.25) is 5.91 Å². The molecule has 0 aromatic heterocycles. The Morgan fingerprint density at radius 1 is 1.20 bits per heavy atom. The van der Waals surface area contributed by atoms with Crippen molar-refractivity contribution in [2.45, 2.75) is 13.8 Å². The van der Waals surface area contributed by atoms with Gasteiger partial charge in [-0.1, -0.05) is 26.0 Å². The van der Waals surface area contributed by atoms with Crippen molar-refractivity contribution in [2.75, 3.05) is 7.11 Å². The van der Waals surface area contributed by atoms with Crippen LogP contribution in [0, 0.1) is 5.92 Å². The summed E-state index contributed by atoms with van der Waals surface area (Å²) in [7, 11) is 1.48. The van der Waals surface area contributed by atoms with Gasteiger partial charge in [-0.25, -0.2) is 0 Å². The van der Waals surface area contributed by atoms with Crippen LogP contribution in [0.4, 0.5) is 0 Å². The largest absolute Gasteiger partial charge is 0.496 e. The van der Waals surface area contributed by atoms with Crippen LogP contribution in [0.2, 0.25) is 0 Å². The third-order valence-electron chi connectivity index (χ3n) is 2.40. The lowest BCUT2D eigenvalue weighted by Crippen LogP contribution is -2.49. The Hall–Kier alpha value is -2.15. The highest BCUT2D eigenvalue weighted by Crippen LogP contribution is 2.16. The van der Waals surface area contributed by atoms with Gasteiger partial charge >= 0.3 is 0 Å². The molecule has 0 fully saturated rings. The van der Waals surface area contributed by atoms with Crippen LogP contribution in [0.25, 0.3) is 0 Å². The topological polar surface area (TPSA) is 79.5 Å². The number of ether oxygens (including phenoxy) is 1. The maximum absolute atomic E-state index is 11.9. The van der Waals surface area contributed by atoms with E-state index in [2.05, 4.69) is 16.2 Å². The first-order valence-electron chi connectivity index (χ1n) is 6.00. The number of hydrogen-bond donors (Lipinski definition) is 3. The van der Waals surface area contributed by atoms with Crippen LogP contribution in [0.1, 0.15) is 24.2 Å². The zero-order valence-electron chi connectivity index (χ0n) is 11.5. The molecular formula is C13H17N3O3S. The molecular weight excluding hydrogens is 278 g/mol. The van der Waals surface area contributed by atoms with Gasteiger partial charge in [-0.05, 0) is 24.4 Å². The van der Waals surface area contributed by atoms with Crippen LogP contribution in [-0.2, 0) is 4.79 Å². The van der Waals surface area contributed by atoms with Crippen molar-refractivity contribution in [3.05, 3.63) is 29.8 Å². The van der Waals surface area contributed by atoms with Crippen LogP contribution < -0.4 is 20.9 Å². The molecule has 0 bridgehead atoms. The number of para-hydroxylation sites is 1. The zero-order valence-corrected chi connectivity index (χ0v) is 12.3. The molecule has 0 aliphatic carbocycles. The Labute approximate surface area is 122 Å². The van der Waals surface area contributed by atoms with Gasteiger partial charge in [-0.15, -0.1) is 0 Å². The van der Waals surface area contributed by atoms with Crippen LogP contribution in [0.15, 0.2) is 24.3 Å². The SMILES string of the molecule is COc1ccccc1C(=O)NNC(=S)NC(=O)C(C)C. The molecule has 0 aliphatic rings. The summed E-state index contributed by atoms with van der Waals surface area (Å²) in [6.07, 6.45) is 0. The molecule has 0 aliphatic heterocycles. The van der Waals surface area contributed by atoms with Crippen molar-refractivity contribution in [1.29, 1.82) is 0 Å². The first-order valence-corrected chi connectivity index (χ1v) is 6.40. The van der Waals surface area contributed by atoms with Crippen LogP contribution in [0.5, 0.6) is 5.75 Å². The minimum absolute atomic E-state index is 0.0342. The Balaban J connectivity index is 2.55. The fourth-order valence-corrected chi connectivity index (χ4v) is 1.45. The molecule has 7 heteroatoms. The Bertz CT molecular complexity index is 517. The van der Waals surface area contributed by atoms with Crippen molar-refractivity contribution < 1.29 is 14.3 Å². The normalized spacial score (nSPS) is 9.80. The number of carbonyl (C=O) groups is 2. The molecule has 1 rings (SSSR count). The first-order chi connectivity index (χ1) is 9.45. The van der Waals surface area contributed by atoms with Gasteiger partial charge in [0, 0.05) is 5.92 Å². The predicted molar refractivity (Wildman–Crippen MR) is 79.2 cm³/mol. The summed E-state index contributed by atoms with van der Waals surface area (Å²) < 4.78 is 5.08. The van der Waals surface area contributed by atoms with Crippen molar-refractivity contribution in [3.63, 3.8) is 0 Å². The molecule has 0 unspecified atom stereocenters. The molecule has 6 nitrogen and oxygen atoms in total. The lowest BCUT2D eigenvalue weighted by molar-refractivity contribution is -0.122. The number of hydrazine groups is 1. The van der Waals surface area contributed by atoms with Crippen molar-refractivity contribution in [1.82, 2.24) is 16.2 Å². The Morgan fingerprint density at radius 3 is 2.45 bits per heavy atom. The van der Waals surface area contributed by atoms with Crippen LogP contribution in [-0.4, -0.2) is 24.0 Å². The molecule has 108 valence electrons. The molecule has 1 aromatic carbocycles. The van der Waals surface area contributed by atoms with Crippen molar-refractivity contribution in [3.8, 4) is 5.75 Å². The van der Waals surface area contributed by atoms with Gasteiger partial charge in [0.1, 0.15) is 5.75 Å². The molecule has 0 heterocycles. The molecule has 3 N–H and O–H groups in total. The number of rotatable bonds is 3. The molecule has 0 atom stereocenters. The Kier molecular flexibility index (Phi) is 5.92. The summed E-state index contributed by atoms with van der Waals surface area (Å²) >= 11 is 4.89. The van der Waals surface area contributed by atoms with E-state index in [9.17, 15) is 9.59 Å². The van der Waals surface area contributed by atoms with E-state index in [0.717, 1.165) is 0 Å². The number of methoxy groups -OCH3 is 1. The lowest BCUT2D eigenvalue weighted by atomic mass is 10.2. The van der Waals surface area contributed by atoms with E-state index >= 15 is 0 Å². The fraction of sp³-hybridized carbons (Fsp3) is 0.308. The first kappa shape index (κ1) is 15.9. The second-order valence-corrected chi connectivity index (χ2v) is 4.66.